The summed E-state index contributed by atoms with van der Waals surface area (Å²) in [6.07, 6.45) is 3.00. The van der Waals surface area contributed by atoms with E-state index in [0.29, 0.717) is 6.61 Å². The number of rotatable bonds is 6. The molecule has 0 aliphatic carbocycles. The normalized spacial score (nSPS) is 18.8. The molecule has 2 aromatic carbocycles. The van der Waals surface area contributed by atoms with Crippen LogP contribution in [-0.4, -0.2) is 53.8 Å². The Morgan fingerprint density at radius 3 is 2.39 bits per heavy atom. The maximum atomic E-state index is 10.8. The molecule has 0 radical (unpaired) electrons. The summed E-state index contributed by atoms with van der Waals surface area (Å²) in [4.78, 5) is 4.81. The topological polar surface area (TPSA) is 35.9 Å². The molecule has 4 heteroatoms. The van der Waals surface area contributed by atoms with E-state index in [1.165, 1.54) is 22.3 Å². The highest BCUT2D eigenvalue weighted by molar-refractivity contribution is 5.36. The molecule has 0 amide bonds. The van der Waals surface area contributed by atoms with E-state index in [0.717, 1.165) is 64.3 Å². The molecule has 2 heterocycles. The Bertz CT molecular complexity index is 792. The van der Waals surface area contributed by atoms with Gasteiger partial charge in [-0.25, -0.2) is 0 Å². The minimum atomic E-state index is -0.311. The second-order valence-corrected chi connectivity index (χ2v) is 8.11. The zero-order chi connectivity index (χ0) is 19.3. The Hall–Kier alpha value is -1.88. The van der Waals surface area contributed by atoms with Crippen LogP contribution in [0.1, 0.15) is 35.6 Å². The fraction of sp³-hybridized carbons (Fsp3) is 0.500. The average Bonchev–Trinajstić information content (AvgIpc) is 2.89. The van der Waals surface area contributed by atoms with Crippen LogP contribution in [0.4, 0.5) is 0 Å². The first-order valence-corrected chi connectivity index (χ1v) is 10.7. The van der Waals surface area contributed by atoms with Gasteiger partial charge in [0, 0.05) is 32.7 Å². The van der Waals surface area contributed by atoms with Gasteiger partial charge in [-0.2, -0.15) is 0 Å². The fourth-order valence-electron chi connectivity index (χ4n) is 4.58. The van der Waals surface area contributed by atoms with E-state index < -0.39 is 0 Å². The van der Waals surface area contributed by atoms with Gasteiger partial charge in [-0.3, -0.25) is 9.80 Å². The number of aliphatic hydroxyl groups is 1. The molecule has 150 valence electrons. The van der Waals surface area contributed by atoms with Crippen LogP contribution in [0, 0.1) is 0 Å². The van der Waals surface area contributed by atoms with E-state index in [2.05, 4.69) is 52.3 Å². The van der Waals surface area contributed by atoms with Gasteiger partial charge in [-0.05, 0) is 67.1 Å². The standard InChI is InChI=1S/C24H32N2O2/c1-2-28-24-10-9-22-16-25(12-5-8-20(22)14-24)17-23(27)18-26-13-11-19-6-3-4-7-21(19)15-26/h3-4,6-7,9-10,14,23,27H,2,5,8,11-13,15-18H2,1H3/t23-/m1/s1. The summed E-state index contributed by atoms with van der Waals surface area (Å²) in [7, 11) is 0. The predicted molar refractivity (Wildman–Crippen MR) is 113 cm³/mol. The predicted octanol–water partition coefficient (Wildman–Crippen LogP) is 3.25. The lowest BCUT2D eigenvalue weighted by atomic mass is 10.00. The summed E-state index contributed by atoms with van der Waals surface area (Å²) in [6.45, 7) is 8.17. The summed E-state index contributed by atoms with van der Waals surface area (Å²) >= 11 is 0. The zero-order valence-electron chi connectivity index (χ0n) is 16.9. The lowest BCUT2D eigenvalue weighted by Gasteiger charge is -2.32. The first-order valence-electron chi connectivity index (χ1n) is 10.7. The van der Waals surface area contributed by atoms with Crippen molar-refractivity contribution in [3.63, 3.8) is 0 Å². The van der Waals surface area contributed by atoms with Gasteiger partial charge in [0.15, 0.2) is 0 Å². The molecule has 4 rings (SSSR count). The Labute approximate surface area is 168 Å². The van der Waals surface area contributed by atoms with Crippen LogP contribution in [-0.2, 0) is 25.9 Å². The minimum absolute atomic E-state index is 0.311. The summed E-state index contributed by atoms with van der Waals surface area (Å²) in [6, 6.07) is 15.2. The van der Waals surface area contributed by atoms with Crippen molar-refractivity contribution in [2.45, 2.75) is 45.4 Å². The molecule has 2 aromatic rings. The highest BCUT2D eigenvalue weighted by Crippen LogP contribution is 2.24. The van der Waals surface area contributed by atoms with Crippen LogP contribution in [0.2, 0.25) is 0 Å². The van der Waals surface area contributed by atoms with Gasteiger partial charge in [0.2, 0.25) is 0 Å². The number of fused-ring (bicyclic) bond motifs is 2. The minimum Gasteiger partial charge on any atom is -0.494 e. The van der Waals surface area contributed by atoms with Crippen molar-refractivity contribution in [1.82, 2.24) is 9.80 Å². The summed E-state index contributed by atoms with van der Waals surface area (Å²) in [5.41, 5.74) is 5.65. The van der Waals surface area contributed by atoms with Crippen molar-refractivity contribution in [2.75, 3.05) is 32.8 Å². The molecule has 28 heavy (non-hydrogen) atoms. The lowest BCUT2D eigenvalue weighted by molar-refractivity contribution is 0.0671. The van der Waals surface area contributed by atoms with Gasteiger partial charge < -0.3 is 9.84 Å². The lowest BCUT2D eigenvalue weighted by Crippen LogP contribution is -2.42. The monoisotopic (exact) mass is 380 g/mol. The van der Waals surface area contributed by atoms with Crippen LogP contribution in [0.5, 0.6) is 5.75 Å². The van der Waals surface area contributed by atoms with Gasteiger partial charge in [0.1, 0.15) is 5.75 Å². The van der Waals surface area contributed by atoms with Crippen LogP contribution in [0.3, 0.4) is 0 Å². The number of benzene rings is 2. The maximum absolute atomic E-state index is 10.8. The third kappa shape index (κ3) is 4.75. The first kappa shape index (κ1) is 19.4. The van der Waals surface area contributed by atoms with Gasteiger partial charge in [-0.1, -0.05) is 30.3 Å². The molecule has 0 unspecified atom stereocenters. The molecule has 0 saturated carbocycles. The van der Waals surface area contributed by atoms with Gasteiger partial charge >= 0.3 is 0 Å². The molecule has 2 aliphatic heterocycles. The van der Waals surface area contributed by atoms with E-state index in [-0.39, 0.29) is 6.10 Å². The molecular weight excluding hydrogens is 348 g/mol. The Morgan fingerprint density at radius 2 is 1.61 bits per heavy atom. The van der Waals surface area contributed by atoms with Gasteiger partial charge in [0.05, 0.1) is 12.7 Å². The van der Waals surface area contributed by atoms with Gasteiger partial charge in [-0.15, -0.1) is 0 Å². The van der Waals surface area contributed by atoms with Crippen molar-refractivity contribution >= 4 is 0 Å². The Balaban J connectivity index is 1.33. The van der Waals surface area contributed by atoms with Crippen molar-refractivity contribution < 1.29 is 9.84 Å². The van der Waals surface area contributed by atoms with Crippen LogP contribution in [0.25, 0.3) is 0 Å². The molecule has 0 bridgehead atoms. The second-order valence-electron chi connectivity index (χ2n) is 8.11. The van der Waals surface area contributed by atoms with E-state index in [1.807, 2.05) is 6.92 Å². The average molecular weight is 381 g/mol. The van der Waals surface area contributed by atoms with Crippen molar-refractivity contribution in [3.8, 4) is 5.75 Å². The largest absolute Gasteiger partial charge is 0.494 e. The number of ether oxygens (including phenoxy) is 1. The quantitative estimate of drug-likeness (QED) is 0.835. The fourth-order valence-corrected chi connectivity index (χ4v) is 4.58. The summed E-state index contributed by atoms with van der Waals surface area (Å²) in [5, 5.41) is 10.8. The zero-order valence-corrected chi connectivity index (χ0v) is 16.9. The molecule has 4 nitrogen and oxygen atoms in total. The van der Waals surface area contributed by atoms with E-state index >= 15 is 0 Å². The summed E-state index contributed by atoms with van der Waals surface area (Å²) in [5.74, 6) is 0.972. The molecule has 0 spiro atoms. The number of aryl methyl sites for hydroxylation is 1. The van der Waals surface area contributed by atoms with Crippen LogP contribution in [0.15, 0.2) is 42.5 Å². The Kier molecular flexibility index (Phi) is 6.30. The molecule has 1 atom stereocenters. The molecule has 0 saturated heterocycles. The number of β-amino-alcohol motifs (C(OH)–C–C–N with tert-alkyl or cyclic N) is 1. The number of nitrogens with zero attached hydrogens (tertiary/aromatic N) is 2. The van der Waals surface area contributed by atoms with Crippen molar-refractivity contribution in [2.24, 2.45) is 0 Å². The molecular formula is C24H32N2O2. The highest BCUT2D eigenvalue weighted by Gasteiger charge is 2.21. The first-order chi connectivity index (χ1) is 13.7. The molecule has 1 N–H and O–H groups in total. The molecule has 2 aliphatic rings. The Morgan fingerprint density at radius 1 is 0.893 bits per heavy atom. The van der Waals surface area contributed by atoms with E-state index in [4.69, 9.17) is 4.74 Å². The molecule has 0 aromatic heterocycles. The number of aliphatic hydroxyl groups excluding tert-OH is 1. The third-order valence-electron chi connectivity index (χ3n) is 5.95. The maximum Gasteiger partial charge on any atom is 0.119 e. The SMILES string of the molecule is CCOc1ccc2c(c1)CCCN(C[C@@H](O)CN1CCc3ccccc3C1)C2. The van der Waals surface area contributed by atoms with E-state index in [1.54, 1.807) is 0 Å². The van der Waals surface area contributed by atoms with Gasteiger partial charge in [0.25, 0.3) is 0 Å². The van der Waals surface area contributed by atoms with Crippen LogP contribution >= 0.6 is 0 Å². The highest BCUT2D eigenvalue weighted by atomic mass is 16.5. The van der Waals surface area contributed by atoms with Crippen molar-refractivity contribution in [3.05, 3.63) is 64.7 Å². The van der Waals surface area contributed by atoms with Crippen molar-refractivity contribution in [1.29, 1.82) is 0 Å². The number of hydrogen-bond acceptors (Lipinski definition) is 4. The smallest absolute Gasteiger partial charge is 0.119 e. The summed E-state index contributed by atoms with van der Waals surface area (Å²) < 4.78 is 5.65. The second kappa shape index (κ2) is 9.08. The number of hydrogen-bond donors (Lipinski definition) is 1. The van der Waals surface area contributed by atoms with Crippen LogP contribution < -0.4 is 4.74 Å². The van der Waals surface area contributed by atoms with E-state index in [9.17, 15) is 5.11 Å². The third-order valence-corrected chi connectivity index (χ3v) is 5.95. The molecule has 0 fully saturated rings.